The number of unbranched alkanes of at least 4 members (excludes halogenated alkanes) is 1. The molecule has 1 saturated heterocycles. The van der Waals surface area contributed by atoms with Gasteiger partial charge >= 0.3 is 0 Å². The number of aromatic hydroxyl groups is 1. The van der Waals surface area contributed by atoms with E-state index in [1.54, 1.807) is 30.3 Å². The Labute approximate surface area is 186 Å². The molecule has 166 valence electrons. The first kappa shape index (κ1) is 21.8. The molecular weight excluding hydrogens is 418 g/mol. The van der Waals surface area contributed by atoms with Crippen LogP contribution in [0.15, 0.2) is 36.4 Å². The molecule has 3 aromatic rings. The normalized spacial score (nSPS) is 14.9. The van der Waals surface area contributed by atoms with Crippen molar-refractivity contribution in [2.75, 3.05) is 52.5 Å². The van der Waals surface area contributed by atoms with Gasteiger partial charge in [0.25, 0.3) is 0 Å². The van der Waals surface area contributed by atoms with Crippen molar-refractivity contribution in [2.45, 2.75) is 12.8 Å². The molecule has 0 radical (unpaired) electrons. The molecule has 1 fully saturated rings. The van der Waals surface area contributed by atoms with Crippen LogP contribution in [0.25, 0.3) is 16.7 Å². The highest BCUT2D eigenvalue weighted by molar-refractivity contribution is 6.31. The highest BCUT2D eigenvalue weighted by Crippen LogP contribution is 2.27. The smallest absolute Gasteiger partial charge is 0.146 e. The molecule has 2 heterocycles. The van der Waals surface area contributed by atoms with Gasteiger partial charge in [-0.1, -0.05) is 11.6 Å². The molecule has 1 aliphatic heterocycles. The largest absolute Gasteiger partial charge is 0.505 e. The zero-order valence-corrected chi connectivity index (χ0v) is 18.2. The quantitative estimate of drug-likeness (QED) is 0.464. The second-order valence-corrected chi connectivity index (χ2v) is 7.97. The van der Waals surface area contributed by atoms with Crippen molar-refractivity contribution in [1.82, 2.24) is 25.2 Å². The van der Waals surface area contributed by atoms with Gasteiger partial charge in [0.1, 0.15) is 28.2 Å². The van der Waals surface area contributed by atoms with Crippen molar-refractivity contribution >= 4 is 22.6 Å². The molecule has 0 spiro atoms. The van der Waals surface area contributed by atoms with Crippen LogP contribution < -0.4 is 10.1 Å². The van der Waals surface area contributed by atoms with E-state index in [9.17, 15) is 5.11 Å². The highest BCUT2D eigenvalue weighted by Gasteiger charge is 2.11. The number of hydrogen-bond donors (Lipinski definition) is 2. The number of rotatable bonds is 10. The first-order valence-electron chi connectivity index (χ1n) is 10.7. The van der Waals surface area contributed by atoms with Crippen LogP contribution in [0, 0.1) is 0 Å². The Morgan fingerprint density at radius 1 is 1.03 bits per heavy atom. The minimum atomic E-state index is 0.0636. The van der Waals surface area contributed by atoms with Crippen molar-refractivity contribution in [3.8, 4) is 17.2 Å². The van der Waals surface area contributed by atoms with Gasteiger partial charge in [0.05, 0.1) is 19.8 Å². The van der Waals surface area contributed by atoms with E-state index in [2.05, 4.69) is 20.4 Å². The third-order valence-electron chi connectivity index (χ3n) is 5.23. The standard InChI is InChI=1S/C22H28ClN5O3/c23-17-3-5-19-20(15-17)26-28(25-19)21-6-4-18(16-22(21)29)31-12-2-1-7-24-8-9-27-10-13-30-14-11-27/h3-6,15-16,24,29H,1-2,7-14H2. The van der Waals surface area contributed by atoms with Crippen LogP contribution in [-0.4, -0.2) is 77.5 Å². The first-order valence-corrected chi connectivity index (χ1v) is 11.1. The Hall–Kier alpha value is -2.39. The zero-order chi connectivity index (χ0) is 21.5. The van der Waals surface area contributed by atoms with E-state index in [0.717, 1.165) is 58.8 Å². The molecule has 0 aliphatic carbocycles. The van der Waals surface area contributed by atoms with Crippen molar-refractivity contribution in [2.24, 2.45) is 0 Å². The molecule has 0 atom stereocenters. The summed E-state index contributed by atoms with van der Waals surface area (Å²) in [7, 11) is 0. The molecule has 0 amide bonds. The van der Waals surface area contributed by atoms with E-state index < -0.39 is 0 Å². The molecule has 2 aromatic carbocycles. The van der Waals surface area contributed by atoms with Crippen LogP contribution in [0.2, 0.25) is 5.02 Å². The van der Waals surface area contributed by atoms with Gasteiger partial charge in [0, 0.05) is 37.3 Å². The first-order chi connectivity index (χ1) is 15.2. The van der Waals surface area contributed by atoms with Crippen molar-refractivity contribution in [3.05, 3.63) is 41.4 Å². The van der Waals surface area contributed by atoms with E-state index in [-0.39, 0.29) is 5.75 Å². The van der Waals surface area contributed by atoms with Crippen LogP contribution in [0.1, 0.15) is 12.8 Å². The maximum absolute atomic E-state index is 10.4. The van der Waals surface area contributed by atoms with Crippen LogP contribution >= 0.6 is 11.6 Å². The van der Waals surface area contributed by atoms with Gasteiger partial charge in [0.15, 0.2) is 0 Å². The van der Waals surface area contributed by atoms with Crippen LogP contribution in [0.5, 0.6) is 11.5 Å². The van der Waals surface area contributed by atoms with Gasteiger partial charge in [-0.3, -0.25) is 4.90 Å². The fourth-order valence-electron chi connectivity index (χ4n) is 3.49. The number of nitrogens with zero attached hydrogens (tertiary/aromatic N) is 4. The molecule has 0 unspecified atom stereocenters. The Balaban J connectivity index is 1.18. The Morgan fingerprint density at radius 2 is 1.87 bits per heavy atom. The third-order valence-corrected chi connectivity index (χ3v) is 5.46. The second-order valence-electron chi connectivity index (χ2n) is 7.53. The number of nitrogens with one attached hydrogen (secondary N) is 1. The summed E-state index contributed by atoms with van der Waals surface area (Å²) in [6.07, 6.45) is 1.99. The number of aromatic nitrogens is 3. The zero-order valence-electron chi connectivity index (χ0n) is 17.5. The van der Waals surface area contributed by atoms with Gasteiger partial charge in [0.2, 0.25) is 0 Å². The van der Waals surface area contributed by atoms with Gasteiger partial charge in [-0.25, -0.2) is 0 Å². The van der Waals surface area contributed by atoms with E-state index in [4.69, 9.17) is 21.1 Å². The second kappa shape index (κ2) is 10.8. The number of hydrogen-bond acceptors (Lipinski definition) is 7. The van der Waals surface area contributed by atoms with E-state index in [1.807, 2.05) is 6.07 Å². The number of fused-ring (bicyclic) bond motifs is 1. The number of morpholine rings is 1. The minimum Gasteiger partial charge on any atom is -0.505 e. The lowest BCUT2D eigenvalue weighted by Crippen LogP contribution is -2.40. The van der Waals surface area contributed by atoms with Crippen molar-refractivity contribution in [3.63, 3.8) is 0 Å². The minimum absolute atomic E-state index is 0.0636. The van der Waals surface area contributed by atoms with E-state index >= 15 is 0 Å². The van der Waals surface area contributed by atoms with Gasteiger partial charge < -0.3 is 19.9 Å². The summed E-state index contributed by atoms with van der Waals surface area (Å²) in [5.74, 6) is 0.690. The molecule has 2 N–H and O–H groups in total. The Morgan fingerprint density at radius 3 is 2.71 bits per heavy atom. The van der Waals surface area contributed by atoms with Gasteiger partial charge in [-0.15, -0.1) is 15.0 Å². The summed E-state index contributed by atoms with van der Waals surface area (Å²) >= 11 is 6.00. The number of phenolic OH excluding ortho intramolecular Hbond substituents is 1. The Kier molecular flexibility index (Phi) is 7.58. The number of phenols is 1. The van der Waals surface area contributed by atoms with E-state index in [0.29, 0.717) is 34.1 Å². The summed E-state index contributed by atoms with van der Waals surface area (Å²) in [4.78, 5) is 3.83. The molecule has 0 saturated carbocycles. The summed E-state index contributed by atoms with van der Waals surface area (Å²) < 4.78 is 11.1. The molecule has 9 heteroatoms. The third kappa shape index (κ3) is 6.07. The molecule has 1 aliphatic rings. The SMILES string of the molecule is Oc1cc(OCCCCNCCN2CCOCC2)ccc1-n1nc2ccc(Cl)cc2n1. The predicted molar refractivity (Wildman–Crippen MR) is 120 cm³/mol. The maximum atomic E-state index is 10.4. The van der Waals surface area contributed by atoms with Crippen LogP contribution in [-0.2, 0) is 4.74 Å². The average Bonchev–Trinajstić information content (AvgIpc) is 3.19. The highest BCUT2D eigenvalue weighted by atomic mass is 35.5. The lowest BCUT2D eigenvalue weighted by atomic mass is 10.2. The monoisotopic (exact) mass is 445 g/mol. The number of halogens is 1. The predicted octanol–water partition coefficient (Wildman–Crippen LogP) is 2.86. The average molecular weight is 446 g/mol. The Bertz CT molecular complexity index is 990. The van der Waals surface area contributed by atoms with Crippen molar-refractivity contribution < 1.29 is 14.6 Å². The molecular formula is C22H28ClN5O3. The molecule has 1 aromatic heterocycles. The number of ether oxygens (including phenoxy) is 2. The topological polar surface area (TPSA) is 84.7 Å². The molecule has 8 nitrogen and oxygen atoms in total. The summed E-state index contributed by atoms with van der Waals surface area (Å²) in [5, 5.41) is 23.2. The summed E-state index contributed by atoms with van der Waals surface area (Å²) in [6.45, 7) is 7.39. The van der Waals surface area contributed by atoms with Crippen LogP contribution in [0.4, 0.5) is 0 Å². The number of benzene rings is 2. The maximum Gasteiger partial charge on any atom is 0.146 e. The summed E-state index contributed by atoms with van der Waals surface area (Å²) in [5.41, 5.74) is 1.87. The lowest BCUT2D eigenvalue weighted by Gasteiger charge is -2.26. The van der Waals surface area contributed by atoms with Crippen molar-refractivity contribution in [1.29, 1.82) is 0 Å². The molecule has 0 bridgehead atoms. The van der Waals surface area contributed by atoms with Crippen LogP contribution in [0.3, 0.4) is 0 Å². The fourth-order valence-corrected chi connectivity index (χ4v) is 3.65. The molecule has 4 rings (SSSR count). The fraction of sp³-hybridized carbons (Fsp3) is 0.455. The molecule has 31 heavy (non-hydrogen) atoms. The van der Waals surface area contributed by atoms with Gasteiger partial charge in [-0.05, 0) is 49.7 Å². The van der Waals surface area contributed by atoms with Gasteiger partial charge in [-0.2, -0.15) is 0 Å². The summed E-state index contributed by atoms with van der Waals surface area (Å²) in [6, 6.07) is 10.5. The van der Waals surface area contributed by atoms with E-state index in [1.165, 1.54) is 4.80 Å². The lowest BCUT2D eigenvalue weighted by molar-refractivity contribution is 0.0384.